The summed E-state index contributed by atoms with van der Waals surface area (Å²) < 4.78 is 0. The highest BCUT2D eigenvalue weighted by Gasteiger charge is 2.09. The molecule has 2 N–H and O–H groups in total. The van der Waals surface area contributed by atoms with Gasteiger partial charge in [0, 0.05) is 20.1 Å². The Bertz CT molecular complexity index is 426. The van der Waals surface area contributed by atoms with Crippen molar-refractivity contribution in [3.8, 4) is 0 Å². The molecule has 0 unspecified atom stereocenters. The second kappa shape index (κ2) is 5.99. The molecule has 0 fully saturated rings. The summed E-state index contributed by atoms with van der Waals surface area (Å²) in [7, 11) is 3.24. The van der Waals surface area contributed by atoms with E-state index in [9.17, 15) is 9.59 Å². The largest absolute Gasteiger partial charge is 0.352 e. The molecule has 0 aliphatic rings. The molecule has 0 radical (unpaired) electrons. The van der Waals surface area contributed by atoms with Crippen LogP contribution in [0.3, 0.4) is 0 Å². The fourth-order valence-corrected chi connectivity index (χ4v) is 1.15. The number of aromatic nitrogens is 3. The second-order valence-electron chi connectivity index (χ2n) is 4.31. The fraction of sp³-hybridized carbons (Fsp3) is 0.600. The van der Waals surface area contributed by atoms with Gasteiger partial charge in [0.05, 0.1) is 6.20 Å². The van der Waals surface area contributed by atoms with Crippen molar-refractivity contribution in [2.24, 2.45) is 0 Å². The first-order valence-electron chi connectivity index (χ1n) is 5.56. The highest BCUT2D eigenvalue weighted by Crippen LogP contribution is 1.99. The number of anilines is 1. The molecule has 0 bridgehead atoms. The minimum absolute atomic E-state index is 0.0238. The third-order valence-corrected chi connectivity index (χ3v) is 1.91. The van der Waals surface area contributed by atoms with Crippen molar-refractivity contribution in [1.82, 2.24) is 25.2 Å². The molecule has 0 aliphatic heterocycles. The van der Waals surface area contributed by atoms with Crippen molar-refractivity contribution < 1.29 is 9.59 Å². The van der Waals surface area contributed by atoms with Gasteiger partial charge in [0.1, 0.15) is 6.54 Å². The van der Waals surface area contributed by atoms with E-state index in [1.807, 2.05) is 13.8 Å². The zero-order valence-corrected chi connectivity index (χ0v) is 11.0. The van der Waals surface area contributed by atoms with Crippen LogP contribution >= 0.6 is 0 Å². The Kier molecular flexibility index (Phi) is 4.64. The third kappa shape index (κ3) is 4.40. The van der Waals surface area contributed by atoms with Crippen LogP contribution in [-0.2, 0) is 11.3 Å². The highest BCUT2D eigenvalue weighted by atomic mass is 16.2. The summed E-state index contributed by atoms with van der Waals surface area (Å²) in [5, 5.41) is 13.1. The van der Waals surface area contributed by atoms with Crippen molar-refractivity contribution in [3.05, 3.63) is 6.20 Å². The van der Waals surface area contributed by atoms with Crippen molar-refractivity contribution in [1.29, 1.82) is 0 Å². The molecular formula is C10H18N6O2. The molecule has 1 aromatic rings. The number of rotatable bonds is 4. The lowest BCUT2D eigenvalue weighted by atomic mass is 10.4. The lowest BCUT2D eigenvalue weighted by Crippen LogP contribution is -2.33. The molecule has 3 amide bonds. The minimum Gasteiger partial charge on any atom is -0.352 e. The lowest BCUT2D eigenvalue weighted by Gasteiger charge is -2.09. The summed E-state index contributed by atoms with van der Waals surface area (Å²) >= 11 is 0. The molecule has 100 valence electrons. The van der Waals surface area contributed by atoms with E-state index in [2.05, 4.69) is 20.8 Å². The molecule has 8 heteroatoms. The van der Waals surface area contributed by atoms with Gasteiger partial charge in [-0.1, -0.05) is 0 Å². The maximum absolute atomic E-state index is 11.5. The molecular weight excluding hydrogens is 236 g/mol. The van der Waals surface area contributed by atoms with Crippen LogP contribution in [-0.4, -0.2) is 52.0 Å². The van der Waals surface area contributed by atoms with E-state index in [1.165, 1.54) is 15.9 Å². The summed E-state index contributed by atoms with van der Waals surface area (Å²) in [6.07, 6.45) is 1.39. The third-order valence-electron chi connectivity index (χ3n) is 1.91. The Hall–Kier alpha value is -2.12. The molecule has 8 nitrogen and oxygen atoms in total. The van der Waals surface area contributed by atoms with Gasteiger partial charge >= 0.3 is 6.03 Å². The van der Waals surface area contributed by atoms with Crippen LogP contribution in [0, 0.1) is 0 Å². The van der Waals surface area contributed by atoms with Gasteiger partial charge in [-0.15, -0.1) is 5.10 Å². The number of carbonyl (C=O) groups excluding carboxylic acids is 2. The number of carbonyl (C=O) groups is 2. The van der Waals surface area contributed by atoms with Gasteiger partial charge < -0.3 is 10.2 Å². The van der Waals surface area contributed by atoms with E-state index in [0.29, 0.717) is 5.82 Å². The molecule has 0 saturated carbocycles. The van der Waals surface area contributed by atoms with Crippen LogP contribution in [0.4, 0.5) is 10.6 Å². The first-order valence-corrected chi connectivity index (χ1v) is 5.56. The molecule has 0 atom stereocenters. The zero-order chi connectivity index (χ0) is 13.7. The number of hydrogen-bond donors (Lipinski definition) is 2. The minimum atomic E-state index is -0.298. The Balaban J connectivity index is 2.53. The summed E-state index contributed by atoms with van der Waals surface area (Å²) in [6, 6.07) is -0.227. The van der Waals surface area contributed by atoms with Crippen molar-refractivity contribution in [2.45, 2.75) is 26.4 Å². The first-order chi connectivity index (χ1) is 8.38. The Morgan fingerprint density at radius 2 is 2.11 bits per heavy atom. The van der Waals surface area contributed by atoms with Gasteiger partial charge in [0.2, 0.25) is 5.91 Å². The van der Waals surface area contributed by atoms with Crippen molar-refractivity contribution >= 4 is 17.8 Å². The summed E-state index contributed by atoms with van der Waals surface area (Å²) in [5.41, 5.74) is 0. The summed E-state index contributed by atoms with van der Waals surface area (Å²) in [6.45, 7) is 3.77. The maximum atomic E-state index is 11.5. The van der Waals surface area contributed by atoms with Crippen molar-refractivity contribution in [3.63, 3.8) is 0 Å². The molecule has 1 heterocycles. The Labute approximate surface area is 105 Å². The van der Waals surface area contributed by atoms with E-state index in [1.54, 1.807) is 14.1 Å². The van der Waals surface area contributed by atoms with Crippen molar-refractivity contribution in [2.75, 3.05) is 19.4 Å². The topological polar surface area (TPSA) is 92.2 Å². The quantitative estimate of drug-likeness (QED) is 0.784. The van der Waals surface area contributed by atoms with Gasteiger partial charge in [0.25, 0.3) is 0 Å². The van der Waals surface area contributed by atoms with Crippen LogP contribution in [0.15, 0.2) is 6.20 Å². The van der Waals surface area contributed by atoms with E-state index in [0.717, 1.165) is 0 Å². The van der Waals surface area contributed by atoms with Gasteiger partial charge in [0.15, 0.2) is 5.82 Å². The Morgan fingerprint density at radius 1 is 1.44 bits per heavy atom. The van der Waals surface area contributed by atoms with Gasteiger partial charge in [-0.25, -0.2) is 4.79 Å². The van der Waals surface area contributed by atoms with Gasteiger partial charge in [-0.05, 0) is 13.8 Å². The molecule has 0 aliphatic carbocycles. The Morgan fingerprint density at radius 3 is 2.67 bits per heavy atom. The average Bonchev–Trinajstić information content (AvgIpc) is 2.63. The van der Waals surface area contributed by atoms with E-state index in [4.69, 9.17) is 0 Å². The SMILES string of the molecule is CC(C)NC(=O)Cn1ncc(NC(=O)N(C)C)n1. The molecule has 1 rings (SSSR count). The smallest absolute Gasteiger partial charge is 0.322 e. The molecule has 0 aromatic carbocycles. The predicted molar refractivity (Wildman–Crippen MR) is 66.0 cm³/mol. The number of nitrogens with one attached hydrogen (secondary N) is 2. The van der Waals surface area contributed by atoms with Crippen LogP contribution in [0.5, 0.6) is 0 Å². The predicted octanol–water partition coefficient (Wildman–Crippen LogP) is -0.104. The van der Waals surface area contributed by atoms with E-state index >= 15 is 0 Å². The van der Waals surface area contributed by atoms with Gasteiger partial charge in [-0.2, -0.15) is 9.90 Å². The van der Waals surface area contributed by atoms with Crippen LogP contribution < -0.4 is 10.6 Å². The van der Waals surface area contributed by atoms with Crippen LogP contribution in [0.25, 0.3) is 0 Å². The standard InChI is InChI=1S/C10H18N6O2/c1-7(2)12-9(17)6-16-11-5-8(14-16)13-10(18)15(3)4/h5,7H,6H2,1-4H3,(H,12,17)(H,13,14,18). The lowest BCUT2D eigenvalue weighted by molar-refractivity contribution is -0.122. The molecule has 0 spiro atoms. The number of amides is 3. The fourth-order valence-electron chi connectivity index (χ4n) is 1.15. The number of urea groups is 1. The van der Waals surface area contributed by atoms with E-state index < -0.39 is 0 Å². The second-order valence-corrected chi connectivity index (χ2v) is 4.31. The summed E-state index contributed by atoms with van der Waals surface area (Å²) in [5.74, 6) is 0.136. The van der Waals surface area contributed by atoms with Crippen LogP contribution in [0.2, 0.25) is 0 Å². The molecule has 1 aromatic heterocycles. The highest BCUT2D eigenvalue weighted by molar-refractivity contribution is 5.87. The monoisotopic (exact) mass is 254 g/mol. The number of hydrogen-bond acceptors (Lipinski definition) is 4. The van der Waals surface area contributed by atoms with Crippen LogP contribution in [0.1, 0.15) is 13.8 Å². The van der Waals surface area contributed by atoms with E-state index in [-0.39, 0.29) is 24.5 Å². The van der Waals surface area contributed by atoms with Gasteiger partial charge in [-0.3, -0.25) is 10.1 Å². The number of nitrogens with zero attached hydrogens (tertiary/aromatic N) is 4. The zero-order valence-electron chi connectivity index (χ0n) is 11.0. The molecule has 0 saturated heterocycles. The maximum Gasteiger partial charge on any atom is 0.322 e. The molecule has 18 heavy (non-hydrogen) atoms. The summed E-state index contributed by atoms with van der Waals surface area (Å²) in [4.78, 5) is 25.4. The average molecular weight is 254 g/mol. The normalized spacial score (nSPS) is 10.3. The first kappa shape index (κ1) is 13.9.